The van der Waals surface area contributed by atoms with Crippen LogP contribution in [0.15, 0.2) is 0 Å². The van der Waals surface area contributed by atoms with Crippen LogP contribution in [-0.4, -0.2) is 93.2 Å². The SMILES string of the molecule is CSCCC(NC(=O)C(CCC(=O)O)NC(=O)C(N)CS)C(=O)N1CCCC1C(=O)O. The fourth-order valence-electron chi connectivity index (χ4n) is 3.15. The molecule has 31 heavy (non-hydrogen) atoms. The number of hydrogen-bond donors (Lipinski definition) is 6. The van der Waals surface area contributed by atoms with Crippen LogP contribution in [0.1, 0.15) is 32.1 Å². The summed E-state index contributed by atoms with van der Waals surface area (Å²) in [5, 5.41) is 23.3. The van der Waals surface area contributed by atoms with Gasteiger partial charge in [-0.1, -0.05) is 0 Å². The molecule has 1 saturated heterocycles. The molecule has 0 saturated carbocycles. The summed E-state index contributed by atoms with van der Waals surface area (Å²) in [6.45, 7) is 0.275. The number of carboxylic acid groups (broad SMARTS) is 2. The Morgan fingerprint density at radius 2 is 1.77 bits per heavy atom. The number of nitrogens with zero attached hydrogens (tertiary/aromatic N) is 1. The number of nitrogens with one attached hydrogen (secondary N) is 2. The van der Waals surface area contributed by atoms with Gasteiger partial charge in [0.05, 0.1) is 6.04 Å². The number of hydrogen-bond acceptors (Lipinski definition) is 8. The van der Waals surface area contributed by atoms with E-state index in [1.807, 2.05) is 6.26 Å². The van der Waals surface area contributed by atoms with Crippen LogP contribution in [0.4, 0.5) is 0 Å². The van der Waals surface area contributed by atoms with E-state index in [-0.39, 0.29) is 31.6 Å². The maximum absolute atomic E-state index is 13.0. The van der Waals surface area contributed by atoms with Crippen molar-refractivity contribution in [2.45, 2.75) is 56.3 Å². The summed E-state index contributed by atoms with van der Waals surface area (Å²) < 4.78 is 0. The number of nitrogens with two attached hydrogens (primary N) is 1. The number of carboxylic acids is 2. The molecule has 3 amide bonds. The summed E-state index contributed by atoms with van der Waals surface area (Å²) in [5.41, 5.74) is 5.61. The van der Waals surface area contributed by atoms with Gasteiger partial charge in [0.1, 0.15) is 18.1 Å². The van der Waals surface area contributed by atoms with E-state index < -0.39 is 53.8 Å². The summed E-state index contributed by atoms with van der Waals surface area (Å²) in [4.78, 5) is 61.6. The molecule has 176 valence electrons. The Morgan fingerprint density at radius 1 is 1.13 bits per heavy atom. The summed E-state index contributed by atoms with van der Waals surface area (Å²) in [7, 11) is 0. The Hall–Kier alpha value is -1.99. The zero-order chi connectivity index (χ0) is 23.6. The van der Waals surface area contributed by atoms with Crippen molar-refractivity contribution in [1.82, 2.24) is 15.5 Å². The molecule has 0 aromatic rings. The summed E-state index contributed by atoms with van der Waals surface area (Å²) in [6, 6.07) is -4.15. The van der Waals surface area contributed by atoms with Crippen molar-refractivity contribution in [1.29, 1.82) is 0 Å². The van der Waals surface area contributed by atoms with Crippen molar-refractivity contribution >= 4 is 54.1 Å². The van der Waals surface area contributed by atoms with Gasteiger partial charge in [0, 0.05) is 18.7 Å². The zero-order valence-corrected chi connectivity index (χ0v) is 19.0. The van der Waals surface area contributed by atoms with E-state index in [1.54, 1.807) is 0 Å². The minimum atomic E-state index is -1.21. The van der Waals surface area contributed by atoms with Gasteiger partial charge in [-0.2, -0.15) is 24.4 Å². The van der Waals surface area contributed by atoms with Crippen LogP contribution in [0.5, 0.6) is 0 Å². The van der Waals surface area contributed by atoms with E-state index in [0.717, 1.165) is 0 Å². The highest BCUT2D eigenvalue weighted by atomic mass is 32.2. The predicted octanol–water partition coefficient (Wildman–Crippen LogP) is -1.09. The smallest absolute Gasteiger partial charge is 0.326 e. The lowest BCUT2D eigenvalue weighted by molar-refractivity contribution is -0.149. The number of carbonyl (C=O) groups excluding carboxylic acids is 3. The highest BCUT2D eigenvalue weighted by Crippen LogP contribution is 2.20. The van der Waals surface area contributed by atoms with Crippen LogP contribution >= 0.6 is 24.4 Å². The number of carbonyl (C=O) groups is 5. The van der Waals surface area contributed by atoms with E-state index in [1.165, 1.54) is 16.7 Å². The molecule has 0 aromatic carbocycles. The quantitative estimate of drug-likeness (QED) is 0.179. The lowest BCUT2D eigenvalue weighted by atomic mass is 10.1. The molecule has 11 nitrogen and oxygen atoms in total. The van der Waals surface area contributed by atoms with E-state index in [0.29, 0.717) is 18.6 Å². The van der Waals surface area contributed by atoms with Crippen LogP contribution in [0.25, 0.3) is 0 Å². The topological polar surface area (TPSA) is 179 Å². The Morgan fingerprint density at radius 3 is 2.32 bits per heavy atom. The molecule has 13 heteroatoms. The normalized spacial score (nSPS) is 18.7. The number of amides is 3. The maximum atomic E-state index is 13.0. The van der Waals surface area contributed by atoms with Crippen molar-refractivity contribution in [3.8, 4) is 0 Å². The summed E-state index contributed by atoms with van der Waals surface area (Å²) in [6.07, 6.45) is 2.38. The van der Waals surface area contributed by atoms with Crippen molar-refractivity contribution in [2.24, 2.45) is 5.73 Å². The Balaban J connectivity index is 2.97. The monoisotopic (exact) mass is 478 g/mol. The van der Waals surface area contributed by atoms with Crippen LogP contribution in [0, 0.1) is 0 Å². The molecule has 0 spiro atoms. The van der Waals surface area contributed by atoms with E-state index in [9.17, 15) is 29.1 Å². The van der Waals surface area contributed by atoms with Crippen LogP contribution in [0.3, 0.4) is 0 Å². The van der Waals surface area contributed by atoms with Gasteiger partial charge >= 0.3 is 11.9 Å². The van der Waals surface area contributed by atoms with Gasteiger partial charge < -0.3 is 31.5 Å². The largest absolute Gasteiger partial charge is 0.481 e. The lowest BCUT2D eigenvalue weighted by Gasteiger charge is -2.28. The number of likely N-dealkylation sites (tertiary alicyclic amines) is 1. The van der Waals surface area contributed by atoms with Gasteiger partial charge in [-0.3, -0.25) is 19.2 Å². The van der Waals surface area contributed by atoms with Crippen LogP contribution in [0.2, 0.25) is 0 Å². The second kappa shape index (κ2) is 13.4. The minimum Gasteiger partial charge on any atom is -0.481 e. The molecule has 0 radical (unpaired) electrons. The highest BCUT2D eigenvalue weighted by Gasteiger charge is 2.38. The zero-order valence-electron chi connectivity index (χ0n) is 17.3. The first-order chi connectivity index (χ1) is 14.6. The number of rotatable bonds is 13. The molecule has 1 rings (SSSR count). The first-order valence-electron chi connectivity index (χ1n) is 9.83. The third-order valence-electron chi connectivity index (χ3n) is 4.86. The molecule has 1 aliphatic rings. The third-order valence-corrected chi connectivity index (χ3v) is 5.90. The number of thiol groups is 1. The summed E-state index contributed by atoms with van der Waals surface area (Å²) >= 11 is 5.38. The van der Waals surface area contributed by atoms with Gasteiger partial charge in [0.25, 0.3) is 0 Å². The third kappa shape index (κ3) is 8.57. The van der Waals surface area contributed by atoms with Crippen molar-refractivity contribution in [2.75, 3.05) is 24.3 Å². The van der Waals surface area contributed by atoms with Gasteiger partial charge in [-0.15, -0.1) is 0 Å². The van der Waals surface area contributed by atoms with Crippen molar-refractivity contribution < 1.29 is 34.2 Å². The molecular weight excluding hydrogens is 448 g/mol. The van der Waals surface area contributed by atoms with Gasteiger partial charge in [-0.25, -0.2) is 4.79 Å². The highest BCUT2D eigenvalue weighted by molar-refractivity contribution is 7.98. The van der Waals surface area contributed by atoms with Crippen molar-refractivity contribution in [3.63, 3.8) is 0 Å². The van der Waals surface area contributed by atoms with E-state index in [2.05, 4.69) is 23.3 Å². The van der Waals surface area contributed by atoms with Crippen LogP contribution < -0.4 is 16.4 Å². The second-order valence-corrected chi connectivity index (χ2v) is 8.50. The molecule has 6 N–H and O–H groups in total. The molecule has 1 fully saturated rings. The van der Waals surface area contributed by atoms with Gasteiger partial charge in [0.15, 0.2) is 0 Å². The molecule has 0 bridgehead atoms. The Bertz CT molecular complexity index is 679. The Labute approximate surface area is 190 Å². The van der Waals surface area contributed by atoms with E-state index in [4.69, 9.17) is 10.8 Å². The fourth-order valence-corrected chi connectivity index (χ4v) is 3.79. The lowest BCUT2D eigenvalue weighted by Crippen LogP contribution is -2.57. The number of thioether (sulfide) groups is 1. The number of aliphatic carboxylic acids is 2. The minimum absolute atomic E-state index is 0.0273. The first kappa shape index (κ1) is 27.0. The molecule has 0 aliphatic carbocycles. The van der Waals surface area contributed by atoms with E-state index >= 15 is 0 Å². The van der Waals surface area contributed by atoms with Gasteiger partial charge in [0.2, 0.25) is 17.7 Å². The Kier molecular flexibility index (Phi) is 11.7. The summed E-state index contributed by atoms with van der Waals surface area (Å²) in [5.74, 6) is -3.61. The first-order valence-corrected chi connectivity index (χ1v) is 11.9. The van der Waals surface area contributed by atoms with Crippen molar-refractivity contribution in [3.05, 3.63) is 0 Å². The second-order valence-electron chi connectivity index (χ2n) is 7.15. The standard InChI is InChI=1S/C18H30N4O7S2/c1-31-8-6-12(17(27)22-7-2-3-13(22)18(28)29)21-16(26)11(4-5-14(23)24)20-15(25)10(19)9-30/h10-13,30H,2-9,19H2,1H3,(H,20,25)(H,21,26)(H,23,24)(H,28,29). The van der Waals surface area contributed by atoms with Gasteiger partial charge in [-0.05, 0) is 37.7 Å². The predicted molar refractivity (Wildman–Crippen MR) is 118 cm³/mol. The average Bonchev–Trinajstić information content (AvgIpc) is 3.22. The fraction of sp³-hybridized carbons (Fsp3) is 0.722. The molecular formula is C18H30N4O7S2. The molecule has 4 atom stereocenters. The van der Waals surface area contributed by atoms with Crippen LogP contribution in [-0.2, 0) is 24.0 Å². The average molecular weight is 479 g/mol. The molecule has 1 aliphatic heterocycles. The molecule has 4 unspecified atom stereocenters. The maximum Gasteiger partial charge on any atom is 0.326 e. The molecule has 1 heterocycles. The molecule has 0 aromatic heterocycles.